The molecule has 0 aliphatic heterocycles. The second kappa shape index (κ2) is 6.01. The summed E-state index contributed by atoms with van der Waals surface area (Å²) in [6.07, 6.45) is 0. The monoisotopic (exact) mass is 315 g/mol. The summed E-state index contributed by atoms with van der Waals surface area (Å²) >= 11 is 0. The molecule has 0 aliphatic carbocycles. The maximum atomic E-state index is 9.29. The highest BCUT2D eigenvalue weighted by Gasteiger charge is 2.13. The first-order valence-corrected chi connectivity index (χ1v) is 7.50. The van der Waals surface area contributed by atoms with Crippen LogP contribution in [0.1, 0.15) is 16.7 Å². The number of hydrogen-bond donors (Lipinski definition) is 2. The summed E-state index contributed by atoms with van der Waals surface area (Å²) in [5.41, 5.74) is 17.7. The quantitative estimate of drug-likeness (QED) is 0.754. The Morgan fingerprint density at radius 2 is 1.46 bits per heavy atom. The van der Waals surface area contributed by atoms with Crippen molar-refractivity contribution in [2.75, 3.05) is 11.5 Å². The summed E-state index contributed by atoms with van der Waals surface area (Å²) in [4.78, 5) is 8.00. The van der Waals surface area contributed by atoms with Gasteiger partial charge in [0.1, 0.15) is 17.5 Å². The highest BCUT2D eigenvalue weighted by atomic mass is 15.0. The zero-order valence-corrected chi connectivity index (χ0v) is 13.5. The van der Waals surface area contributed by atoms with Crippen LogP contribution < -0.4 is 11.5 Å². The van der Waals surface area contributed by atoms with Gasteiger partial charge in [0.2, 0.25) is 5.95 Å². The molecule has 0 spiro atoms. The lowest BCUT2D eigenvalue weighted by Gasteiger charge is -2.09. The molecule has 5 heteroatoms. The van der Waals surface area contributed by atoms with Crippen molar-refractivity contribution in [2.24, 2.45) is 0 Å². The van der Waals surface area contributed by atoms with Crippen LogP contribution in [0.25, 0.3) is 22.4 Å². The molecule has 0 fully saturated rings. The number of aryl methyl sites for hydroxylation is 2. The van der Waals surface area contributed by atoms with Crippen molar-refractivity contribution in [3.63, 3.8) is 0 Å². The number of nitrogens with zero attached hydrogens (tertiary/aromatic N) is 3. The number of anilines is 2. The van der Waals surface area contributed by atoms with Crippen LogP contribution in [0.3, 0.4) is 0 Å². The number of aromatic nitrogens is 2. The summed E-state index contributed by atoms with van der Waals surface area (Å²) in [7, 11) is 0. The molecule has 2 aromatic carbocycles. The Balaban J connectivity index is 2.04. The van der Waals surface area contributed by atoms with Gasteiger partial charge in [0.15, 0.2) is 0 Å². The van der Waals surface area contributed by atoms with E-state index in [0.29, 0.717) is 5.69 Å². The van der Waals surface area contributed by atoms with Gasteiger partial charge >= 0.3 is 0 Å². The van der Waals surface area contributed by atoms with Gasteiger partial charge in [-0.05, 0) is 36.1 Å². The van der Waals surface area contributed by atoms with Gasteiger partial charge in [-0.15, -0.1) is 0 Å². The normalized spacial score (nSPS) is 10.4. The molecule has 24 heavy (non-hydrogen) atoms. The Labute approximate surface area is 140 Å². The lowest BCUT2D eigenvalue weighted by atomic mass is 9.98. The SMILES string of the molecule is Cc1ccc(-c2ccc(-c3nc(N)nc(N)c3C#N)cc2)cc1C. The van der Waals surface area contributed by atoms with Crippen LogP contribution in [-0.4, -0.2) is 9.97 Å². The van der Waals surface area contributed by atoms with Gasteiger partial charge in [0.25, 0.3) is 0 Å². The van der Waals surface area contributed by atoms with Crippen LogP contribution in [0.4, 0.5) is 11.8 Å². The Bertz CT molecular complexity index is 953. The van der Waals surface area contributed by atoms with Crippen LogP contribution in [0.2, 0.25) is 0 Å². The van der Waals surface area contributed by atoms with Crippen LogP contribution >= 0.6 is 0 Å². The molecule has 118 valence electrons. The first kappa shape index (κ1) is 15.5. The van der Waals surface area contributed by atoms with Crippen LogP contribution in [0, 0.1) is 25.2 Å². The van der Waals surface area contributed by atoms with E-state index in [0.717, 1.165) is 16.7 Å². The topological polar surface area (TPSA) is 102 Å². The third-order valence-corrected chi connectivity index (χ3v) is 4.06. The van der Waals surface area contributed by atoms with E-state index in [1.54, 1.807) is 0 Å². The first-order valence-electron chi connectivity index (χ1n) is 7.50. The molecule has 3 rings (SSSR count). The molecule has 1 aromatic heterocycles. The largest absolute Gasteiger partial charge is 0.382 e. The molecular weight excluding hydrogens is 298 g/mol. The van der Waals surface area contributed by atoms with Crippen molar-refractivity contribution in [3.05, 3.63) is 59.2 Å². The van der Waals surface area contributed by atoms with Gasteiger partial charge in [-0.1, -0.05) is 42.5 Å². The van der Waals surface area contributed by atoms with E-state index in [-0.39, 0.29) is 17.3 Å². The van der Waals surface area contributed by atoms with Crippen molar-refractivity contribution in [3.8, 4) is 28.5 Å². The van der Waals surface area contributed by atoms with Crippen LogP contribution in [0.15, 0.2) is 42.5 Å². The second-order valence-corrected chi connectivity index (χ2v) is 5.68. The molecule has 3 aromatic rings. The molecule has 0 amide bonds. The number of nitrogens with two attached hydrogens (primary N) is 2. The average molecular weight is 315 g/mol. The number of hydrogen-bond acceptors (Lipinski definition) is 5. The third-order valence-electron chi connectivity index (χ3n) is 4.06. The predicted molar refractivity (Wildman–Crippen MR) is 95.9 cm³/mol. The zero-order valence-electron chi connectivity index (χ0n) is 13.5. The Kier molecular flexibility index (Phi) is 3.88. The molecular formula is C19H17N5. The lowest BCUT2D eigenvalue weighted by Crippen LogP contribution is -2.04. The van der Waals surface area contributed by atoms with E-state index in [1.165, 1.54) is 11.1 Å². The molecule has 0 unspecified atom stereocenters. The van der Waals surface area contributed by atoms with Crippen LogP contribution in [-0.2, 0) is 0 Å². The second-order valence-electron chi connectivity index (χ2n) is 5.68. The van der Waals surface area contributed by atoms with Crippen molar-refractivity contribution >= 4 is 11.8 Å². The molecule has 0 saturated heterocycles. The predicted octanol–water partition coefficient (Wildman–Crippen LogP) is 3.46. The number of benzene rings is 2. The van der Waals surface area contributed by atoms with Crippen molar-refractivity contribution in [1.82, 2.24) is 9.97 Å². The molecule has 0 aliphatic rings. The standard InChI is InChI=1S/C19H17N5/c1-11-3-4-15(9-12(11)2)13-5-7-14(8-6-13)17-16(10-20)18(21)24-19(22)23-17/h3-9H,1-2H3,(H4,21,22,23,24). The minimum Gasteiger partial charge on any atom is -0.382 e. The van der Waals surface area contributed by atoms with Crippen LogP contribution in [0.5, 0.6) is 0 Å². The fourth-order valence-corrected chi connectivity index (χ4v) is 2.56. The van der Waals surface area contributed by atoms with E-state index in [2.05, 4.69) is 42.0 Å². The molecule has 0 saturated carbocycles. The highest BCUT2D eigenvalue weighted by molar-refractivity contribution is 5.75. The Hall–Kier alpha value is -3.39. The third kappa shape index (κ3) is 2.77. The van der Waals surface area contributed by atoms with Gasteiger partial charge < -0.3 is 11.5 Å². The fourth-order valence-electron chi connectivity index (χ4n) is 2.56. The minimum absolute atomic E-state index is 0.0553. The minimum atomic E-state index is 0.0553. The van der Waals surface area contributed by atoms with Gasteiger partial charge in [0.05, 0.1) is 5.69 Å². The summed E-state index contributed by atoms with van der Waals surface area (Å²) in [5.74, 6) is 0.151. The van der Waals surface area contributed by atoms with E-state index in [1.807, 2.05) is 30.3 Å². The summed E-state index contributed by atoms with van der Waals surface area (Å²) in [6.45, 7) is 4.19. The van der Waals surface area contributed by atoms with Gasteiger partial charge in [-0.2, -0.15) is 10.2 Å². The Morgan fingerprint density at radius 1 is 0.833 bits per heavy atom. The highest BCUT2D eigenvalue weighted by Crippen LogP contribution is 2.28. The lowest BCUT2D eigenvalue weighted by molar-refractivity contribution is 1.18. The van der Waals surface area contributed by atoms with E-state index in [9.17, 15) is 5.26 Å². The molecule has 0 bridgehead atoms. The molecule has 0 radical (unpaired) electrons. The van der Waals surface area contributed by atoms with Crippen molar-refractivity contribution < 1.29 is 0 Å². The van der Waals surface area contributed by atoms with Crippen molar-refractivity contribution in [2.45, 2.75) is 13.8 Å². The number of nitrogen functional groups attached to an aromatic ring is 2. The smallest absolute Gasteiger partial charge is 0.222 e. The van der Waals surface area contributed by atoms with Gasteiger partial charge in [-0.25, -0.2) is 4.98 Å². The summed E-state index contributed by atoms with van der Waals surface area (Å²) < 4.78 is 0. The average Bonchev–Trinajstić information content (AvgIpc) is 2.57. The van der Waals surface area contributed by atoms with E-state index in [4.69, 9.17) is 11.5 Å². The Morgan fingerprint density at radius 3 is 2.08 bits per heavy atom. The molecule has 4 N–H and O–H groups in total. The zero-order chi connectivity index (χ0) is 17.3. The maximum absolute atomic E-state index is 9.29. The number of rotatable bonds is 2. The van der Waals surface area contributed by atoms with E-state index < -0.39 is 0 Å². The molecule has 1 heterocycles. The first-order chi connectivity index (χ1) is 11.5. The maximum Gasteiger partial charge on any atom is 0.222 e. The van der Waals surface area contributed by atoms with Gasteiger partial charge in [0, 0.05) is 5.56 Å². The number of nitriles is 1. The summed E-state index contributed by atoms with van der Waals surface area (Å²) in [6, 6.07) is 16.2. The fraction of sp³-hybridized carbons (Fsp3) is 0.105. The summed E-state index contributed by atoms with van der Waals surface area (Å²) in [5, 5.41) is 9.29. The van der Waals surface area contributed by atoms with Crippen molar-refractivity contribution in [1.29, 1.82) is 5.26 Å². The molecule has 5 nitrogen and oxygen atoms in total. The van der Waals surface area contributed by atoms with E-state index >= 15 is 0 Å². The van der Waals surface area contributed by atoms with Gasteiger partial charge in [-0.3, -0.25) is 0 Å². The molecule has 0 atom stereocenters.